The summed E-state index contributed by atoms with van der Waals surface area (Å²) in [6, 6.07) is -7.72. The maximum atomic E-state index is 14.0. The first kappa shape index (κ1) is 62.9. The second-order valence-electron chi connectivity index (χ2n) is 18.2. The molecule has 0 aliphatic rings. The number of hydrogen-bond donors (Lipinski definition) is 12. The first-order valence-electron chi connectivity index (χ1n) is 23.7. The van der Waals surface area contributed by atoms with Crippen molar-refractivity contribution in [3.05, 3.63) is 0 Å². The molecule has 24 nitrogen and oxygen atoms in total. The predicted octanol–water partition coefficient (Wildman–Crippen LogP) is -2.50. The van der Waals surface area contributed by atoms with Crippen LogP contribution in [0.25, 0.3) is 0 Å². The molecule has 69 heavy (non-hydrogen) atoms. The summed E-state index contributed by atoms with van der Waals surface area (Å²) in [5.74, 6) is -8.44. The van der Waals surface area contributed by atoms with E-state index in [0.717, 1.165) is 4.90 Å². The molecule has 14 N–H and O–H groups in total. The zero-order valence-electron chi connectivity index (χ0n) is 42.9. The molecule has 0 aromatic carbocycles. The molecule has 10 amide bonds. The Morgan fingerprint density at radius 3 is 1.57 bits per heavy atom. The van der Waals surface area contributed by atoms with Gasteiger partial charge >= 0.3 is 0 Å². The van der Waals surface area contributed by atoms with Crippen LogP contribution < -0.4 is 59.3 Å². The Kier molecular flexibility index (Phi) is 28.4. The number of carbonyl (C=O) groups excluding carboxylic acids is 10. The maximum absolute atomic E-state index is 14.0. The Hall–Kier alpha value is -6.07. The summed E-state index contributed by atoms with van der Waals surface area (Å²) in [7, 11) is 1.42. The highest BCUT2D eigenvalue weighted by molar-refractivity contribution is 5.98. The van der Waals surface area contributed by atoms with Crippen LogP contribution in [0.5, 0.6) is 0 Å². The molecule has 0 radical (unpaired) electrons. The number of guanidine groups is 1. The molecule has 0 heterocycles. The van der Waals surface area contributed by atoms with Crippen LogP contribution >= 0.6 is 0 Å². The fourth-order valence-electron chi connectivity index (χ4n) is 6.56. The molecule has 0 bridgehead atoms. The smallest absolute Gasteiger partial charge is 0.245 e. The molecule has 0 aromatic heterocycles. The number of amides is 10. The van der Waals surface area contributed by atoms with Gasteiger partial charge in [-0.15, -0.1) is 0 Å². The molecule has 394 valence electrons. The monoisotopic (exact) mass is 982 g/mol. The first-order chi connectivity index (χ1) is 32.1. The molecule has 0 aliphatic carbocycles. The van der Waals surface area contributed by atoms with E-state index in [1.165, 1.54) is 34.7 Å². The van der Waals surface area contributed by atoms with Crippen molar-refractivity contribution in [1.82, 2.24) is 52.8 Å². The average Bonchev–Trinajstić information content (AvgIpc) is 3.26. The molecule has 9 atom stereocenters. The summed E-state index contributed by atoms with van der Waals surface area (Å²) < 4.78 is 0. The highest BCUT2D eigenvalue weighted by Gasteiger charge is 2.38. The lowest BCUT2D eigenvalue weighted by Gasteiger charge is -2.31. The van der Waals surface area contributed by atoms with Gasteiger partial charge in [-0.2, -0.15) is 0 Å². The second kappa shape index (κ2) is 31.1. The minimum atomic E-state index is -1.63. The van der Waals surface area contributed by atoms with Gasteiger partial charge < -0.3 is 69.3 Å². The van der Waals surface area contributed by atoms with E-state index in [4.69, 9.17) is 11.5 Å². The van der Waals surface area contributed by atoms with Gasteiger partial charge in [0.2, 0.25) is 59.1 Å². The average molecular weight is 982 g/mol. The lowest BCUT2D eigenvalue weighted by Crippen LogP contribution is -2.63. The molecule has 0 fully saturated rings. The third-order valence-electron chi connectivity index (χ3n) is 11.4. The van der Waals surface area contributed by atoms with Crippen LogP contribution in [0, 0.1) is 17.8 Å². The van der Waals surface area contributed by atoms with Gasteiger partial charge in [-0.1, -0.05) is 67.7 Å². The second-order valence-corrected chi connectivity index (χ2v) is 18.2. The Labute approximate surface area is 406 Å². The number of aliphatic hydroxyl groups is 1. The van der Waals surface area contributed by atoms with Crippen molar-refractivity contribution in [1.29, 1.82) is 0 Å². The molecule has 0 saturated carbocycles. The molecule has 0 aromatic rings. The molecule has 24 heteroatoms. The van der Waals surface area contributed by atoms with E-state index in [2.05, 4.69) is 52.8 Å². The molecule has 0 unspecified atom stereocenters. The third-order valence-corrected chi connectivity index (χ3v) is 11.4. The van der Waals surface area contributed by atoms with Gasteiger partial charge in [0.25, 0.3) is 0 Å². The van der Waals surface area contributed by atoms with Crippen molar-refractivity contribution in [2.75, 3.05) is 33.2 Å². The van der Waals surface area contributed by atoms with Crippen molar-refractivity contribution < 1.29 is 53.1 Å². The van der Waals surface area contributed by atoms with Crippen LogP contribution in [0.4, 0.5) is 0 Å². The Balaban J connectivity index is 6.36. The molecule has 0 aliphatic heterocycles. The van der Waals surface area contributed by atoms with Crippen molar-refractivity contribution in [3.8, 4) is 0 Å². The Morgan fingerprint density at radius 2 is 1.10 bits per heavy atom. The lowest BCUT2D eigenvalue weighted by atomic mass is 9.95. The normalized spacial score (nSPS) is 15.1. The third kappa shape index (κ3) is 22.7. The molecular formula is C45H83N13O11. The van der Waals surface area contributed by atoms with Crippen LogP contribution in [-0.2, 0) is 47.9 Å². The highest BCUT2D eigenvalue weighted by Crippen LogP contribution is 2.14. The SMILES string of the molecule is CCC[C@H](NC(=O)[C@@H](NC(=O)[C@H](NC(=O)[C@@H](NC(=O)CNC(=O)CN(C)C(C)=O)C(C)C)[C@@H](C)CC)[C@@H](C)O)C(=O)N[C@H](C(=O)N[C@@H](CCCN=C(N)N)C(=O)NC(C)(C)C(=O)NCC)[C@@H](C)CC. The zero-order valence-corrected chi connectivity index (χ0v) is 42.9. The van der Waals surface area contributed by atoms with E-state index in [0.29, 0.717) is 25.8 Å². The first-order valence-corrected chi connectivity index (χ1v) is 23.7. The zero-order chi connectivity index (χ0) is 53.3. The topological polar surface area (TPSA) is 367 Å². The highest BCUT2D eigenvalue weighted by atomic mass is 16.3. The standard InChI is InChI=1S/C45H83N13O11/c1-14-19-29(37(63)54-34(25(7)15-2)40(66)52-30(20-18-21-49-44(46)47)38(64)57-45(11,12)43(69)48-17-4)51-42(68)36(27(9)59)56-41(67)35(26(8)16-3)55-39(65)33(24(5)6)53-31(61)22-50-32(62)23-58(13)28(10)60/h24-27,29-30,33-36,59H,14-23H2,1-13H3,(H,48,69)(H,50,62)(H,51,68)(H,52,66)(H,53,61)(H,54,63)(H,55,65)(H,56,67)(H,57,64)(H4,46,47,49)/t25-,26-,27+,29-,30-,33-,34-,35+,36-/m0/s1. The molecule has 0 spiro atoms. The lowest BCUT2D eigenvalue weighted by molar-refractivity contribution is -0.138. The molecule has 0 rings (SSSR count). The van der Waals surface area contributed by atoms with Crippen LogP contribution in [0.2, 0.25) is 0 Å². The van der Waals surface area contributed by atoms with Crippen LogP contribution in [-0.4, -0.2) is 156 Å². The Bertz CT molecular complexity index is 1790. The number of nitrogens with two attached hydrogens (primary N) is 2. The number of nitrogens with one attached hydrogen (secondary N) is 9. The van der Waals surface area contributed by atoms with Gasteiger partial charge in [-0.05, 0) is 64.7 Å². The van der Waals surface area contributed by atoms with Crippen molar-refractivity contribution in [3.63, 3.8) is 0 Å². The van der Waals surface area contributed by atoms with E-state index >= 15 is 0 Å². The van der Waals surface area contributed by atoms with Crippen molar-refractivity contribution >= 4 is 65.0 Å². The van der Waals surface area contributed by atoms with E-state index in [1.54, 1.807) is 55.4 Å². The van der Waals surface area contributed by atoms with Crippen LogP contribution in [0.15, 0.2) is 4.99 Å². The van der Waals surface area contributed by atoms with E-state index in [-0.39, 0.29) is 44.2 Å². The number of likely N-dealkylation sites (N-methyl/N-ethyl adjacent to an activating group) is 2. The summed E-state index contributed by atoms with van der Waals surface area (Å²) in [6.07, 6.45) is 0.0483. The van der Waals surface area contributed by atoms with Gasteiger partial charge in [0, 0.05) is 27.1 Å². The van der Waals surface area contributed by atoms with Crippen molar-refractivity contribution in [2.24, 2.45) is 34.2 Å². The number of aliphatic imine (C=N–C) groups is 1. The number of carbonyl (C=O) groups is 10. The minimum absolute atomic E-state index is 0.0579. The van der Waals surface area contributed by atoms with E-state index in [1.807, 2.05) is 0 Å². The fraction of sp³-hybridized carbons (Fsp3) is 0.756. The largest absolute Gasteiger partial charge is 0.391 e. The maximum Gasteiger partial charge on any atom is 0.245 e. The summed E-state index contributed by atoms with van der Waals surface area (Å²) in [5.41, 5.74) is 9.56. The van der Waals surface area contributed by atoms with Gasteiger partial charge in [-0.25, -0.2) is 0 Å². The molecule has 0 saturated heterocycles. The number of rotatable bonds is 31. The fourth-order valence-corrected chi connectivity index (χ4v) is 6.56. The van der Waals surface area contributed by atoms with E-state index in [9.17, 15) is 53.1 Å². The van der Waals surface area contributed by atoms with Crippen LogP contribution in [0.1, 0.15) is 122 Å². The quantitative estimate of drug-likeness (QED) is 0.0195. The van der Waals surface area contributed by atoms with Gasteiger partial charge in [0.15, 0.2) is 5.96 Å². The van der Waals surface area contributed by atoms with Gasteiger partial charge in [0.05, 0.1) is 19.2 Å². The van der Waals surface area contributed by atoms with Gasteiger partial charge in [-0.3, -0.25) is 52.9 Å². The summed E-state index contributed by atoms with van der Waals surface area (Å²) >= 11 is 0. The summed E-state index contributed by atoms with van der Waals surface area (Å²) in [4.78, 5) is 137. The minimum Gasteiger partial charge on any atom is -0.391 e. The number of nitrogens with zero attached hydrogens (tertiary/aromatic N) is 2. The number of hydrogen-bond acceptors (Lipinski definition) is 12. The van der Waals surface area contributed by atoms with E-state index < -0.39 is 125 Å². The summed E-state index contributed by atoms with van der Waals surface area (Å²) in [6.45, 7) is 19.0. The predicted molar refractivity (Wildman–Crippen MR) is 259 cm³/mol. The van der Waals surface area contributed by atoms with Gasteiger partial charge in [0.1, 0.15) is 41.8 Å². The molecular weight excluding hydrogens is 899 g/mol. The van der Waals surface area contributed by atoms with Crippen LogP contribution in [0.3, 0.4) is 0 Å². The Morgan fingerprint density at radius 1 is 0.623 bits per heavy atom. The summed E-state index contributed by atoms with van der Waals surface area (Å²) in [5, 5.41) is 34.2. The number of aliphatic hydroxyl groups excluding tert-OH is 1. The van der Waals surface area contributed by atoms with Crippen molar-refractivity contribution in [2.45, 2.75) is 170 Å².